The normalized spacial score (nSPS) is 14.5. The van der Waals surface area contributed by atoms with Crippen LogP contribution < -0.4 is 10.6 Å². The number of rotatable bonds is 9. The molecule has 0 aliphatic carbocycles. The number of carbonyl (C=O) groups is 1. The topological polar surface area (TPSA) is 74.6 Å². The molecule has 1 aromatic carbocycles. The first kappa shape index (κ1) is 19.9. The molecule has 1 amide bonds. The van der Waals surface area contributed by atoms with Crippen LogP contribution in [0.4, 0.5) is 0 Å². The average Bonchev–Trinajstić information content (AvgIpc) is 3.35. The summed E-state index contributed by atoms with van der Waals surface area (Å²) in [5.74, 6) is 1.11. The smallest absolute Gasteiger partial charge is 0.222 e. The first-order valence-corrected chi connectivity index (χ1v) is 10.1. The molecule has 7 nitrogen and oxygen atoms in total. The summed E-state index contributed by atoms with van der Waals surface area (Å²) in [6.07, 6.45) is 7.44. The lowest BCUT2D eigenvalue weighted by atomic mass is 10.2. The molecule has 0 saturated carbocycles. The van der Waals surface area contributed by atoms with Gasteiger partial charge in [0.25, 0.3) is 0 Å². The van der Waals surface area contributed by atoms with E-state index in [-0.39, 0.29) is 5.91 Å². The van der Waals surface area contributed by atoms with Crippen molar-refractivity contribution >= 4 is 11.9 Å². The first-order chi connectivity index (χ1) is 13.8. The van der Waals surface area contributed by atoms with Gasteiger partial charge in [-0.25, -0.2) is 4.68 Å². The Hall–Kier alpha value is -2.83. The molecule has 1 aliphatic heterocycles. The van der Waals surface area contributed by atoms with Crippen LogP contribution in [-0.2, 0) is 11.2 Å². The third kappa shape index (κ3) is 5.84. The summed E-state index contributed by atoms with van der Waals surface area (Å²) in [6.45, 7) is 6.09. The molecular formula is C21H30N6O. The minimum absolute atomic E-state index is 0.282. The molecule has 1 aliphatic rings. The third-order valence-corrected chi connectivity index (χ3v) is 4.73. The third-order valence-electron chi connectivity index (χ3n) is 4.73. The predicted molar refractivity (Wildman–Crippen MR) is 112 cm³/mol. The van der Waals surface area contributed by atoms with Crippen LogP contribution in [0.3, 0.4) is 0 Å². The Morgan fingerprint density at radius 1 is 1.25 bits per heavy atom. The number of benzene rings is 1. The number of nitrogens with one attached hydrogen (secondary N) is 2. The van der Waals surface area contributed by atoms with Crippen LogP contribution in [0.5, 0.6) is 0 Å². The first-order valence-electron chi connectivity index (χ1n) is 10.1. The maximum absolute atomic E-state index is 11.6. The van der Waals surface area contributed by atoms with Crippen LogP contribution in [0.2, 0.25) is 0 Å². The van der Waals surface area contributed by atoms with E-state index in [4.69, 9.17) is 0 Å². The van der Waals surface area contributed by atoms with Crippen molar-refractivity contribution in [2.75, 3.05) is 32.7 Å². The van der Waals surface area contributed by atoms with Crippen LogP contribution in [0.1, 0.15) is 31.7 Å². The van der Waals surface area contributed by atoms with Gasteiger partial charge in [0.15, 0.2) is 5.96 Å². The lowest BCUT2D eigenvalue weighted by molar-refractivity contribution is -0.127. The van der Waals surface area contributed by atoms with Gasteiger partial charge < -0.3 is 15.5 Å². The number of nitrogens with zero attached hydrogens (tertiary/aromatic N) is 4. The lowest BCUT2D eigenvalue weighted by Crippen LogP contribution is -2.38. The van der Waals surface area contributed by atoms with Gasteiger partial charge in [0.05, 0.1) is 11.9 Å². The number of likely N-dealkylation sites (tertiary alicyclic amines) is 1. The Balaban J connectivity index is 1.42. The quantitative estimate of drug-likeness (QED) is 0.395. The molecule has 1 saturated heterocycles. The Morgan fingerprint density at radius 2 is 2.11 bits per heavy atom. The number of para-hydroxylation sites is 1. The molecule has 1 aromatic heterocycles. The fourth-order valence-corrected chi connectivity index (χ4v) is 3.27. The molecule has 0 bridgehead atoms. The molecule has 0 radical (unpaired) electrons. The molecule has 0 unspecified atom stereocenters. The highest BCUT2D eigenvalue weighted by Crippen LogP contribution is 2.09. The van der Waals surface area contributed by atoms with Crippen molar-refractivity contribution in [1.82, 2.24) is 25.3 Å². The van der Waals surface area contributed by atoms with Gasteiger partial charge in [-0.15, -0.1) is 0 Å². The van der Waals surface area contributed by atoms with Gasteiger partial charge in [-0.2, -0.15) is 5.10 Å². The molecular weight excluding hydrogens is 352 g/mol. The van der Waals surface area contributed by atoms with Crippen LogP contribution in [0.25, 0.3) is 5.69 Å². The summed E-state index contributed by atoms with van der Waals surface area (Å²) in [7, 11) is 0. The predicted octanol–water partition coefficient (Wildman–Crippen LogP) is 1.98. The summed E-state index contributed by atoms with van der Waals surface area (Å²) < 4.78 is 1.90. The van der Waals surface area contributed by atoms with Crippen molar-refractivity contribution in [1.29, 1.82) is 0 Å². The second kappa shape index (κ2) is 10.5. The molecule has 7 heteroatoms. The summed E-state index contributed by atoms with van der Waals surface area (Å²) >= 11 is 0. The van der Waals surface area contributed by atoms with E-state index in [2.05, 4.69) is 33.8 Å². The molecule has 2 aromatic rings. The van der Waals surface area contributed by atoms with Crippen LogP contribution in [0.15, 0.2) is 47.7 Å². The standard InChI is InChI=1S/C21H30N6O/c1-2-22-21(23-12-7-15-26-14-6-10-20(26)28)24-13-11-18-16-25-27(17-18)19-8-4-3-5-9-19/h3-5,8-9,16-17H,2,6-7,10-15H2,1H3,(H2,22,23,24). The van der Waals surface area contributed by atoms with Gasteiger partial charge in [-0.1, -0.05) is 18.2 Å². The van der Waals surface area contributed by atoms with Gasteiger partial charge in [0.1, 0.15) is 0 Å². The van der Waals surface area contributed by atoms with E-state index in [1.807, 2.05) is 46.1 Å². The fraction of sp³-hybridized carbons (Fsp3) is 0.476. The van der Waals surface area contributed by atoms with E-state index in [0.29, 0.717) is 13.0 Å². The number of hydrogen-bond acceptors (Lipinski definition) is 3. The monoisotopic (exact) mass is 382 g/mol. The van der Waals surface area contributed by atoms with Crippen LogP contribution in [-0.4, -0.2) is 59.3 Å². The zero-order valence-corrected chi connectivity index (χ0v) is 16.6. The highest BCUT2D eigenvalue weighted by molar-refractivity contribution is 5.79. The minimum Gasteiger partial charge on any atom is -0.357 e. The number of aliphatic imine (C=N–C) groups is 1. The average molecular weight is 383 g/mol. The van der Waals surface area contributed by atoms with E-state index in [0.717, 1.165) is 57.1 Å². The van der Waals surface area contributed by atoms with Gasteiger partial charge in [-0.05, 0) is 43.9 Å². The van der Waals surface area contributed by atoms with Crippen molar-refractivity contribution in [3.05, 3.63) is 48.3 Å². The molecule has 1 fully saturated rings. The van der Waals surface area contributed by atoms with Gasteiger partial charge in [0.2, 0.25) is 5.91 Å². The fourth-order valence-electron chi connectivity index (χ4n) is 3.27. The maximum Gasteiger partial charge on any atom is 0.222 e. The van der Waals surface area contributed by atoms with Crippen LogP contribution in [0, 0.1) is 0 Å². The molecule has 0 atom stereocenters. The highest BCUT2D eigenvalue weighted by atomic mass is 16.2. The van der Waals surface area contributed by atoms with Crippen molar-refractivity contribution in [3.63, 3.8) is 0 Å². The molecule has 0 spiro atoms. The SMILES string of the molecule is CCNC(=NCCCN1CCCC1=O)NCCc1cnn(-c2ccccc2)c1. The lowest BCUT2D eigenvalue weighted by Gasteiger charge is -2.15. The highest BCUT2D eigenvalue weighted by Gasteiger charge is 2.18. The van der Waals surface area contributed by atoms with E-state index in [1.165, 1.54) is 5.56 Å². The van der Waals surface area contributed by atoms with Crippen molar-refractivity contribution < 1.29 is 4.79 Å². The maximum atomic E-state index is 11.6. The summed E-state index contributed by atoms with van der Waals surface area (Å²) in [5, 5.41) is 11.1. The molecule has 3 rings (SSSR count). The second-order valence-electron chi connectivity index (χ2n) is 6.90. The van der Waals surface area contributed by atoms with Gasteiger partial charge in [-0.3, -0.25) is 9.79 Å². The number of carbonyl (C=O) groups excluding carboxylic acids is 1. The zero-order chi connectivity index (χ0) is 19.6. The van der Waals surface area contributed by atoms with Crippen molar-refractivity contribution in [2.24, 2.45) is 4.99 Å². The Morgan fingerprint density at radius 3 is 2.86 bits per heavy atom. The minimum atomic E-state index is 0.282. The second-order valence-corrected chi connectivity index (χ2v) is 6.90. The molecule has 28 heavy (non-hydrogen) atoms. The largest absolute Gasteiger partial charge is 0.357 e. The molecule has 2 heterocycles. The Labute approximate surface area is 166 Å². The van der Waals surface area contributed by atoms with Gasteiger partial charge >= 0.3 is 0 Å². The number of aromatic nitrogens is 2. The van der Waals surface area contributed by atoms with E-state index in [1.54, 1.807) is 0 Å². The number of guanidine groups is 1. The Kier molecular flexibility index (Phi) is 7.46. The van der Waals surface area contributed by atoms with Crippen molar-refractivity contribution in [2.45, 2.75) is 32.6 Å². The van der Waals surface area contributed by atoms with E-state index in [9.17, 15) is 4.79 Å². The molecule has 150 valence electrons. The number of amides is 1. The Bertz CT molecular complexity index is 770. The zero-order valence-electron chi connectivity index (χ0n) is 16.6. The van der Waals surface area contributed by atoms with Crippen LogP contribution >= 0.6 is 0 Å². The van der Waals surface area contributed by atoms with E-state index < -0.39 is 0 Å². The molecule has 2 N–H and O–H groups in total. The van der Waals surface area contributed by atoms with E-state index >= 15 is 0 Å². The number of hydrogen-bond donors (Lipinski definition) is 2. The van der Waals surface area contributed by atoms with Gasteiger partial charge in [0, 0.05) is 45.3 Å². The van der Waals surface area contributed by atoms with Crippen molar-refractivity contribution in [3.8, 4) is 5.69 Å². The summed E-state index contributed by atoms with van der Waals surface area (Å²) in [4.78, 5) is 18.2. The summed E-state index contributed by atoms with van der Waals surface area (Å²) in [6, 6.07) is 10.1. The summed E-state index contributed by atoms with van der Waals surface area (Å²) in [5.41, 5.74) is 2.24.